The van der Waals surface area contributed by atoms with Gasteiger partial charge < -0.3 is 4.74 Å². The van der Waals surface area contributed by atoms with Crippen molar-refractivity contribution in [2.75, 3.05) is 0 Å². The number of ether oxygens (including phenoxy) is 1. The normalized spacial score (nSPS) is 11.2. The van der Waals surface area contributed by atoms with E-state index in [0.717, 1.165) is 6.42 Å². The average Bonchev–Trinajstić information content (AvgIpc) is 2.20. The van der Waals surface area contributed by atoms with Crippen molar-refractivity contribution in [2.45, 2.75) is 84.7 Å². The van der Waals surface area contributed by atoms with E-state index < -0.39 is 0 Å². The van der Waals surface area contributed by atoms with Gasteiger partial charge in [0.2, 0.25) is 0 Å². The zero-order valence-electron chi connectivity index (χ0n) is 10.9. The lowest BCUT2D eigenvalue weighted by atomic mass is 10.1. The quantitative estimate of drug-likeness (QED) is 0.434. The van der Waals surface area contributed by atoms with Crippen molar-refractivity contribution >= 4 is 0 Å². The van der Waals surface area contributed by atoms with Crippen LogP contribution in [-0.2, 0) is 4.74 Å². The molecule has 0 aromatic carbocycles. The maximum absolute atomic E-state index is 5.38. The van der Waals surface area contributed by atoms with E-state index in [4.69, 9.17) is 4.74 Å². The van der Waals surface area contributed by atoms with Gasteiger partial charge in [-0.25, -0.2) is 0 Å². The van der Waals surface area contributed by atoms with Gasteiger partial charge in [-0.1, -0.05) is 58.3 Å². The molecule has 0 N–H and O–H groups in total. The Kier molecular flexibility index (Phi) is 12.0. The molecule has 0 atom stereocenters. The molecule has 0 saturated carbocycles. The molecule has 91 valence electrons. The summed E-state index contributed by atoms with van der Waals surface area (Å²) in [5.74, 6) is 0. The fraction of sp³-hybridized carbons (Fsp3) is 0.929. The largest absolute Gasteiger partial charge is 0.373 e. The van der Waals surface area contributed by atoms with E-state index in [2.05, 4.69) is 20.8 Å². The second-order valence-electron chi connectivity index (χ2n) is 4.62. The van der Waals surface area contributed by atoms with Gasteiger partial charge in [0.25, 0.3) is 0 Å². The SMILES string of the molecule is CCCCCCCCCC[CH]OC(C)C. The Balaban J connectivity index is 2.87. The molecule has 0 saturated heterocycles. The Morgan fingerprint density at radius 3 is 1.93 bits per heavy atom. The smallest absolute Gasteiger partial charge is 0.0840 e. The highest BCUT2D eigenvalue weighted by Gasteiger charge is 1.94. The fourth-order valence-electron chi connectivity index (χ4n) is 1.62. The first-order chi connectivity index (χ1) is 7.27. The third-order valence-corrected chi connectivity index (χ3v) is 2.54. The van der Waals surface area contributed by atoms with E-state index in [0.29, 0.717) is 6.10 Å². The molecule has 1 heteroatoms. The van der Waals surface area contributed by atoms with Crippen LogP contribution in [0.4, 0.5) is 0 Å². The topological polar surface area (TPSA) is 9.23 Å². The lowest BCUT2D eigenvalue weighted by Crippen LogP contribution is -1.99. The lowest BCUT2D eigenvalue weighted by molar-refractivity contribution is 0.129. The predicted molar refractivity (Wildman–Crippen MR) is 67.7 cm³/mol. The molecule has 0 aliphatic carbocycles. The molecule has 0 unspecified atom stereocenters. The number of rotatable bonds is 11. The molecule has 0 aliphatic heterocycles. The zero-order valence-corrected chi connectivity index (χ0v) is 10.9. The van der Waals surface area contributed by atoms with Gasteiger partial charge in [0.05, 0.1) is 12.7 Å². The van der Waals surface area contributed by atoms with Crippen molar-refractivity contribution in [1.29, 1.82) is 0 Å². The van der Waals surface area contributed by atoms with Crippen LogP contribution in [0.3, 0.4) is 0 Å². The zero-order chi connectivity index (χ0) is 11.4. The second-order valence-corrected chi connectivity index (χ2v) is 4.62. The molecule has 0 spiro atoms. The molecule has 0 bridgehead atoms. The molecule has 1 radical (unpaired) electrons. The van der Waals surface area contributed by atoms with Gasteiger partial charge in [0, 0.05) is 0 Å². The van der Waals surface area contributed by atoms with E-state index in [-0.39, 0.29) is 0 Å². The molecule has 0 heterocycles. The van der Waals surface area contributed by atoms with Crippen molar-refractivity contribution in [3.63, 3.8) is 0 Å². The first kappa shape index (κ1) is 15.0. The minimum atomic E-state index is 0.346. The first-order valence-electron chi connectivity index (χ1n) is 6.74. The van der Waals surface area contributed by atoms with Crippen LogP contribution >= 0.6 is 0 Å². The summed E-state index contributed by atoms with van der Waals surface area (Å²) in [5, 5.41) is 0. The number of unbranched alkanes of at least 4 members (excludes halogenated alkanes) is 8. The predicted octanol–water partition coefficient (Wildman–Crippen LogP) is 5.10. The average molecular weight is 213 g/mol. The molecule has 0 amide bonds. The van der Waals surface area contributed by atoms with Crippen LogP contribution in [0.5, 0.6) is 0 Å². The summed E-state index contributed by atoms with van der Waals surface area (Å²) in [4.78, 5) is 0. The van der Waals surface area contributed by atoms with Crippen molar-refractivity contribution in [1.82, 2.24) is 0 Å². The van der Waals surface area contributed by atoms with Crippen molar-refractivity contribution in [3.8, 4) is 0 Å². The summed E-state index contributed by atoms with van der Waals surface area (Å²) in [7, 11) is 0. The van der Waals surface area contributed by atoms with Crippen LogP contribution in [-0.4, -0.2) is 6.10 Å². The van der Waals surface area contributed by atoms with Crippen molar-refractivity contribution < 1.29 is 4.74 Å². The Morgan fingerprint density at radius 1 is 0.867 bits per heavy atom. The van der Waals surface area contributed by atoms with Crippen LogP contribution < -0.4 is 0 Å². The summed E-state index contributed by atoms with van der Waals surface area (Å²) in [5.41, 5.74) is 0. The van der Waals surface area contributed by atoms with Crippen LogP contribution in [0.15, 0.2) is 0 Å². The van der Waals surface area contributed by atoms with Gasteiger partial charge in [0.15, 0.2) is 0 Å². The molecular formula is C14H29O. The Morgan fingerprint density at radius 2 is 1.40 bits per heavy atom. The van der Waals surface area contributed by atoms with E-state index in [9.17, 15) is 0 Å². The third-order valence-electron chi connectivity index (χ3n) is 2.54. The summed E-state index contributed by atoms with van der Waals surface area (Å²) < 4.78 is 5.38. The highest BCUT2D eigenvalue weighted by Crippen LogP contribution is 2.10. The van der Waals surface area contributed by atoms with Gasteiger partial charge in [-0.3, -0.25) is 0 Å². The molecule has 1 nitrogen and oxygen atoms in total. The highest BCUT2D eigenvalue weighted by molar-refractivity contribution is 4.54. The maximum Gasteiger partial charge on any atom is 0.0840 e. The van der Waals surface area contributed by atoms with Gasteiger partial charge in [0.1, 0.15) is 0 Å². The Bertz CT molecular complexity index is 110. The molecule has 15 heavy (non-hydrogen) atoms. The lowest BCUT2D eigenvalue weighted by Gasteiger charge is -2.06. The van der Waals surface area contributed by atoms with Gasteiger partial charge in [-0.05, 0) is 20.3 Å². The molecule has 0 aliphatic rings. The van der Waals surface area contributed by atoms with Gasteiger partial charge >= 0.3 is 0 Å². The molecule has 0 fully saturated rings. The van der Waals surface area contributed by atoms with Gasteiger partial charge in [-0.15, -0.1) is 0 Å². The van der Waals surface area contributed by atoms with Crippen LogP contribution in [0.25, 0.3) is 0 Å². The van der Waals surface area contributed by atoms with Crippen LogP contribution in [0, 0.1) is 6.61 Å². The summed E-state index contributed by atoms with van der Waals surface area (Å²) in [6, 6.07) is 0. The number of hydrogen-bond acceptors (Lipinski definition) is 1. The highest BCUT2D eigenvalue weighted by atomic mass is 16.5. The number of hydrogen-bond donors (Lipinski definition) is 0. The fourth-order valence-corrected chi connectivity index (χ4v) is 1.62. The third kappa shape index (κ3) is 14.0. The summed E-state index contributed by atoms with van der Waals surface area (Å²) in [6.45, 7) is 8.39. The summed E-state index contributed by atoms with van der Waals surface area (Å²) in [6.07, 6.45) is 12.6. The minimum Gasteiger partial charge on any atom is -0.373 e. The molecule has 0 aromatic rings. The van der Waals surface area contributed by atoms with E-state index >= 15 is 0 Å². The van der Waals surface area contributed by atoms with Crippen LogP contribution in [0.2, 0.25) is 0 Å². The standard InChI is InChI=1S/C14H29O/c1-4-5-6-7-8-9-10-11-12-13-15-14(2)3/h13-14H,4-12H2,1-3H3. The Labute approximate surface area is 96.6 Å². The van der Waals surface area contributed by atoms with Crippen molar-refractivity contribution in [3.05, 3.63) is 6.61 Å². The summed E-state index contributed by atoms with van der Waals surface area (Å²) >= 11 is 0. The molecule has 0 aromatic heterocycles. The monoisotopic (exact) mass is 213 g/mol. The molecular weight excluding hydrogens is 184 g/mol. The maximum atomic E-state index is 5.38. The Hall–Kier alpha value is -0.0400. The van der Waals surface area contributed by atoms with Crippen LogP contribution in [0.1, 0.15) is 78.6 Å². The molecule has 0 rings (SSSR count). The first-order valence-corrected chi connectivity index (χ1v) is 6.74. The van der Waals surface area contributed by atoms with E-state index in [1.807, 2.05) is 6.61 Å². The van der Waals surface area contributed by atoms with E-state index in [1.165, 1.54) is 51.4 Å². The second kappa shape index (κ2) is 12.0. The van der Waals surface area contributed by atoms with Gasteiger partial charge in [-0.2, -0.15) is 0 Å². The van der Waals surface area contributed by atoms with E-state index in [1.54, 1.807) is 0 Å². The minimum absolute atomic E-state index is 0.346. The van der Waals surface area contributed by atoms with Crippen molar-refractivity contribution in [2.24, 2.45) is 0 Å².